The van der Waals surface area contributed by atoms with Gasteiger partial charge in [0, 0.05) is 24.3 Å². The molecule has 18 heavy (non-hydrogen) atoms. The Morgan fingerprint density at radius 1 is 1.56 bits per heavy atom. The molecule has 1 aliphatic carbocycles. The van der Waals surface area contributed by atoms with Gasteiger partial charge < -0.3 is 4.90 Å². The molecule has 1 aromatic rings. The molecule has 0 spiro atoms. The van der Waals surface area contributed by atoms with E-state index in [0.29, 0.717) is 16.6 Å². The van der Waals surface area contributed by atoms with Crippen molar-refractivity contribution in [3.63, 3.8) is 0 Å². The Bertz CT molecular complexity index is 430. The Labute approximate surface area is 117 Å². The van der Waals surface area contributed by atoms with E-state index in [1.807, 2.05) is 4.90 Å². The lowest BCUT2D eigenvalue weighted by Crippen LogP contribution is -2.34. The van der Waals surface area contributed by atoms with E-state index in [9.17, 15) is 4.79 Å². The molecule has 98 valence electrons. The van der Waals surface area contributed by atoms with Crippen LogP contribution >= 0.6 is 15.9 Å². The molecule has 1 aliphatic rings. The minimum atomic E-state index is 0.140. The van der Waals surface area contributed by atoms with E-state index in [2.05, 4.69) is 34.8 Å². The van der Waals surface area contributed by atoms with Crippen molar-refractivity contribution < 1.29 is 4.79 Å². The van der Waals surface area contributed by atoms with Crippen molar-refractivity contribution in [1.29, 1.82) is 0 Å². The van der Waals surface area contributed by atoms with Crippen LogP contribution in [0.3, 0.4) is 0 Å². The Morgan fingerprint density at radius 2 is 2.28 bits per heavy atom. The monoisotopic (exact) mass is 310 g/mol. The largest absolute Gasteiger partial charge is 0.336 e. The molecule has 1 fully saturated rings. The molecule has 0 radical (unpaired) electrons. The van der Waals surface area contributed by atoms with E-state index >= 15 is 0 Å². The zero-order chi connectivity index (χ0) is 13.1. The van der Waals surface area contributed by atoms with Crippen molar-refractivity contribution in [2.24, 2.45) is 5.92 Å². The molecule has 0 saturated heterocycles. The maximum atomic E-state index is 12.5. The summed E-state index contributed by atoms with van der Waals surface area (Å²) in [5.74, 6) is 0.768. The standard InChI is InChI=1S/C14H19BrN2O/c1-10(2)6-8-17(12-3-4-12)14(18)11-5-7-16-13(15)9-11/h5,7,9-10,12H,3-4,6,8H2,1-2H3. The fourth-order valence-electron chi connectivity index (χ4n) is 1.93. The number of halogens is 1. The highest BCUT2D eigenvalue weighted by Gasteiger charge is 2.32. The van der Waals surface area contributed by atoms with Gasteiger partial charge >= 0.3 is 0 Å². The fourth-order valence-corrected chi connectivity index (χ4v) is 2.30. The molecule has 1 heterocycles. The molecule has 0 atom stereocenters. The summed E-state index contributed by atoms with van der Waals surface area (Å²) in [7, 11) is 0. The predicted molar refractivity (Wildman–Crippen MR) is 75.5 cm³/mol. The van der Waals surface area contributed by atoms with Gasteiger partial charge in [0.1, 0.15) is 4.60 Å². The number of hydrogen-bond acceptors (Lipinski definition) is 2. The zero-order valence-corrected chi connectivity index (χ0v) is 12.5. The lowest BCUT2D eigenvalue weighted by atomic mass is 10.1. The van der Waals surface area contributed by atoms with Crippen molar-refractivity contribution >= 4 is 21.8 Å². The van der Waals surface area contributed by atoms with Gasteiger partial charge in [0.2, 0.25) is 0 Å². The third-order valence-corrected chi connectivity index (χ3v) is 3.60. The van der Waals surface area contributed by atoms with E-state index in [0.717, 1.165) is 31.4 Å². The third kappa shape index (κ3) is 3.55. The van der Waals surface area contributed by atoms with Crippen molar-refractivity contribution in [3.8, 4) is 0 Å². The summed E-state index contributed by atoms with van der Waals surface area (Å²) in [5, 5.41) is 0. The Hall–Kier alpha value is -0.900. The molecule has 0 aromatic carbocycles. The number of aromatic nitrogens is 1. The fraction of sp³-hybridized carbons (Fsp3) is 0.571. The smallest absolute Gasteiger partial charge is 0.254 e. The van der Waals surface area contributed by atoms with Gasteiger partial charge in [-0.2, -0.15) is 0 Å². The van der Waals surface area contributed by atoms with E-state index in [-0.39, 0.29) is 5.91 Å². The van der Waals surface area contributed by atoms with E-state index in [1.54, 1.807) is 18.3 Å². The summed E-state index contributed by atoms with van der Waals surface area (Å²) < 4.78 is 0.716. The van der Waals surface area contributed by atoms with E-state index in [1.165, 1.54) is 0 Å². The third-order valence-electron chi connectivity index (χ3n) is 3.17. The average molecular weight is 311 g/mol. The molecule has 1 saturated carbocycles. The van der Waals surface area contributed by atoms with Crippen molar-refractivity contribution in [3.05, 3.63) is 28.5 Å². The van der Waals surface area contributed by atoms with Crippen LogP contribution in [0.25, 0.3) is 0 Å². The maximum absolute atomic E-state index is 12.5. The number of nitrogens with zero attached hydrogens (tertiary/aromatic N) is 2. The molecule has 3 nitrogen and oxygen atoms in total. The lowest BCUT2D eigenvalue weighted by Gasteiger charge is -2.23. The van der Waals surface area contributed by atoms with Crippen LogP contribution in [0.4, 0.5) is 0 Å². The highest BCUT2D eigenvalue weighted by Crippen LogP contribution is 2.29. The summed E-state index contributed by atoms with van der Waals surface area (Å²) in [6.45, 7) is 5.25. The SMILES string of the molecule is CC(C)CCN(C(=O)c1ccnc(Br)c1)C1CC1. The first-order chi connectivity index (χ1) is 8.58. The van der Waals surface area contributed by atoms with E-state index < -0.39 is 0 Å². The van der Waals surface area contributed by atoms with Crippen LogP contribution < -0.4 is 0 Å². The first kappa shape index (κ1) is 13.5. The van der Waals surface area contributed by atoms with Gasteiger partial charge in [0.05, 0.1) is 0 Å². The van der Waals surface area contributed by atoms with Crippen LogP contribution in [0.15, 0.2) is 22.9 Å². The van der Waals surface area contributed by atoms with Gasteiger partial charge in [-0.1, -0.05) is 13.8 Å². The second kappa shape index (κ2) is 5.83. The molecule has 0 aliphatic heterocycles. The first-order valence-electron chi connectivity index (χ1n) is 6.50. The Morgan fingerprint density at radius 3 is 2.83 bits per heavy atom. The lowest BCUT2D eigenvalue weighted by molar-refractivity contribution is 0.0735. The topological polar surface area (TPSA) is 33.2 Å². The minimum Gasteiger partial charge on any atom is -0.336 e. The number of amides is 1. The molecule has 0 bridgehead atoms. The second-order valence-electron chi connectivity index (χ2n) is 5.28. The van der Waals surface area contributed by atoms with Crippen LogP contribution in [0.5, 0.6) is 0 Å². The molecule has 1 amide bonds. The second-order valence-corrected chi connectivity index (χ2v) is 6.09. The van der Waals surface area contributed by atoms with Gasteiger partial charge in [-0.15, -0.1) is 0 Å². The average Bonchev–Trinajstić information content (AvgIpc) is 3.13. The van der Waals surface area contributed by atoms with Gasteiger partial charge in [-0.25, -0.2) is 4.98 Å². The van der Waals surface area contributed by atoms with Crippen LogP contribution in [0.1, 0.15) is 43.5 Å². The van der Waals surface area contributed by atoms with Gasteiger partial charge in [-0.3, -0.25) is 4.79 Å². The Kier molecular flexibility index (Phi) is 4.38. The molecular weight excluding hydrogens is 292 g/mol. The van der Waals surface area contributed by atoms with E-state index in [4.69, 9.17) is 0 Å². The van der Waals surface area contributed by atoms with Crippen molar-refractivity contribution in [2.45, 2.75) is 39.2 Å². The summed E-state index contributed by atoms with van der Waals surface area (Å²) in [6.07, 6.45) is 5.03. The molecule has 0 unspecified atom stereocenters. The number of pyridine rings is 1. The number of hydrogen-bond donors (Lipinski definition) is 0. The highest BCUT2D eigenvalue weighted by molar-refractivity contribution is 9.10. The summed E-state index contributed by atoms with van der Waals surface area (Å²) in [6, 6.07) is 4.05. The molecule has 2 rings (SSSR count). The maximum Gasteiger partial charge on any atom is 0.254 e. The number of carbonyl (C=O) groups is 1. The summed E-state index contributed by atoms with van der Waals surface area (Å²) in [5.41, 5.74) is 0.729. The normalized spacial score (nSPS) is 14.9. The summed E-state index contributed by atoms with van der Waals surface area (Å²) in [4.78, 5) is 18.6. The summed E-state index contributed by atoms with van der Waals surface area (Å²) >= 11 is 3.31. The number of rotatable bonds is 5. The van der Waals surface area contributed by atoms with Crippen LogP contribution in [-0.4, -0.2) is 28.4 Å². The molecular formula is C14H19BrN2O. The molecule has 1 aromatic heterocycles. The van der Waals surface area contributed by atoms with Gasteiger partial charge in [0.15, 0.2) is 0 Å². The van der Waals surface area contributed by atoms with Gasteiger partial charge in [-0.05, 0) is 53.2 Å². The predicted octanol–water partition coefficient (Wildman–Crippen LogP) is 3.49. The molecule has 0 N–H and O–H groups in total. The zero-order valence-electron chi connectivity index (χ0n) is 10.9. The van der Waals surface area contributed by atoms with Gasteiger partial charge in [0.25, 0.3) is 5.91 Å². The van der Waals surface area contributed by atoms with Crippen molar-refractivity contribution in [1.82, 2.24) is 9.88 Å². The highest BCUT2D eigenvalue weighted by atomic mass is 79.9. The van der Waals surface area contributed by atoms with Crippen LogP contribution in [-0.2, 0) is 0 Å². The quantitative estimate of drug-likeness (QED) is 0.780. The van der Waals surface area contributed by atoms with Crippen molar-refractivity contribution in [2.75, 3.05) is 6.54 Å². The first-order valence-corrected chi connectivity index (χ1v) is 7.29. The minimum absolute atomic E-state index is 0.140. The Balaban J connectivity index is 2.08. The van der Waals surface area contributed by atoms with Crippen LogP contribution in [0.2, 0.25) is 0 Å². The van der Waals surface area contributed by atoms with Crippen LogP contribution in [0, 0.1) is 5.92 Å². The molecule has 4 heteroatoms. The number of carbonyl (C=O) groups excluding carboxylic acids is 1.